The Morgan fingerprint density at radius 3 is 2.64 bits per heavy atom. The zero-order valence-corrected chi connectivity index (χ0v) is 12.2. The Kier molecular flexibility index (Phi) is 5.16. The summed E-state index contributed by atoms with van der Waals surface area (Å²) in [5, 5.41) is 4.51. The molecule has 2 aromatic rings. The van der Waals surface area contributed by atoms with Crippen molar-refractivity contribution >= 4 is 22.6 Å². The van der Waals surface area contributed by atoms with Crippen LogP contribution in [0, 0.1) is 12.3 Å². The molecular weight excluding hydrogens is 276 g/mol. The zero-order valence-electron chi connectivity index (χ0n) is 12.2. The number of carbonyl (C=O) groups is 2. The topological polar surface area (TPSA) is 72.2 Å². The molecule has 3 N–H and O–H groups in total. The quantitative estimate of drug-likeness (QED) is 0.633. The summed E-state index contributed by atoms with van der Waals surface area (Å²) in [7, 11) is 0. The molecule has 0 aliphatic rings. The normalized spacial score (nSPS) is 11.6. The average molecular weight is 294 g/mol. The number of unbranched alkanes of at least 4 members (excludes halogenated alkanes) is 1. The van der Waals surface area contributed by atoms with Gasteiger partial charge in [0.25, 0.3) is 5.91 Å². The fourth-order valence-electron chi connectivity index (χ4n) is 2.35. The van der Waals surface area contributed by atoms with Gasteiger partial charge in [-0.1, -0.05) is 36.4 Å². The van der Waals surface area contributed by atoms with E-state index in [0.29, 0.717) is 24.8 Å². The van der Waals surface area contributed by atoms with Crippen LogP contribution >= 0.6 is 0 Å². The summed E-state index contributed by atoms with van der Waals surface area (Å²) in [6, 6.07) is 12.4. The second-order valence-electron chi connectivity index (χ2n) is 5.05. The smallest absolute Gasteiger partial charge is 0.252 e. The maximum atomic E-state index is 12.4. The van der Waals surface area contributed by atoms with Crippen LogP contribution in [0.5, 0.6) is 0 Å². The summed E-state index contributed by atoms with van der Waals surface area (Å²) in [4.78, 5) is 23.9. The van der Waals surface area contributed by atoms with Gasteiger partial charge in [0, 0.05) is 12.0 Å². The number of fused-ring (bicyclic) bond motifs is 1. The lowest BCUT2D eigenvalue weighted by Gasteiger charge is -2.15. The van der Waals surface area contributed by atoms with Crippen molar-refractivity contribution in [3.05, 3.63) is 48.0 Å². The molecule has 4 nitrogen and oxygen atoms in total. The monoisotopic (exact) mass is 294 g/mol. The number of rotatable bonds is 6. The molecule has 112 valence electrons. The molecule has 0 spiro atoms. The van der Waals surface area contributed by atoms with Gasteiger partial charge in [0.15, 0.2) is 0 Å². The highest BCUT2D eigenvalue weighted by molar-refractivity contribution is 6.08. The van der Waals surface area contributed by atoms with Crippen LogP contribution in [0.4, 0.5) is 0 Å². The van der Waals surface area contributed by atoms with Crippen LogP contribution in [-0.2, 0) is 4.79 Å². The molecule has 0 aliphatic carbocycles. The molecule has 1 atom stereocenters. The van der Waals surface area contributed by atoms with Gasteiger partial charge in [-0.2, -0.15) is 0 Å². The minimum absolute atomic E-state index is 0.304. The predicted molar refractivity (Wildman–Crippen MR) is 87.1 cm³/mol. The van der Waals surface area contributed by atoms with Gasteiger partial charge >= 0.3 is 0 Å². The van der Waals surface area contributed by atoms with E-state index < -0.39 is 11.9 Å². The van der Waals surface area contributed by atoms with Crippen molar-refractivity contribution in [2.45, 2.75) is 25.3 Å². The van der Waals surface area contributed by atoms with Crippen molar-refractivity contribution in [2.24, 2.45) is 5.73 Å². The maximum Gasteiger partial charge on any atom is 0.252 e. The molecule has 0 saturated carbocycles. The van der Waals surface area contributed by atoms with Gasteiger partial charge in [-0.15, -0.1) is 12.3 Å². The molecular formula is C18H18N2O2. The molecule has 0 saturated heterocycles. The summed E-state index contributed by atoms with van der Waals surface area (Å²) in [6.07, 6.45) is 6.82. The van der Waals surface area contributed by atoms with E-state index in [4.69, 9.17) is 12.2 Å². The van der Waals surface area contributed by atoms with Gasteiger partial charge in [-0.05, 0) is 29.7 Å². The number of hydrogen-bond acceptors (Lipinski definition) is 2. The first-order chi connectivity index (χ1) is 10.6. The third kappa shape index (κ3) is 3.64. The molecule has 4 heteroatoms. The number of nitrogens with one attached hydrogen (secondary N) is 1. The Labute approximate surface area is 129 Å². The number of primary amides is 1. The van der Waals surface area contributed by atoms with E-state index in [1.54, 1.807) is 6.07 Å². The molecule has 2 aromatic carbocycles. The highest BCUT2D eigenvalue weighted by atomic mass is 16.2. The Morgan fingerprint density at radius 2 is 1.91 bits per heavy atom. The molecule has 0 bridgehead atoms. The van der Waals surface area contributed by atoms with Crippen LogP contribution in [0.1, 0.15) is 29.6 Å². The summed E-state index contributed by atoms with van der Waals surface area (Å²) in [6.45, 7) is 0. The Morgan fingerprint density at radius 1 is 1.18 bits per heavy atom. The van der Waals surface area contributed by atoms with Crippen LogP contribution in [0.15, 0.2) is 42.5 Å². The van der Waals surface area contributed by atoms with E-state index in [1.807, 2.05) is 36.4 Å². The fourth-order valence-corrected chi connectivity index (χ4v) is 2.35. The highest BCUT2D eigenvalue weighted by Crippen LogP contribution is 2.18. The van der Waals surface area contributed by atoms with Gasteiger partial charge in [0.05, 0.1) is 0 Å². The van der Waals surface area contributed by atoms with Crippen molar-refractivity contribution in [2.75, 3.05) is 0 Å². The van der Waals surface area contributed by atoms with Crippen LogP contribution in [0.3, 0.4) is 0 Å². The molecule has 0 heterocycles. The van der Waals surface area contributed by atoms with E-state index in [0.717, 1.165) is 10.8 Å². The maximum absolute atomic E-state index is 12.4. The Hall–Kier alpha value is -2.80. The van der Waals surface area contributed by atoms with Crippen molar-refractivity contribution in [3.8, 4) is 12.3 Å². The molecule has 0 fully saturated rings. The van der Waals surface area contributed by atoms with Crippen molar-refractivity contribution in [1.29, 1.82) is 0 Å². The van der Waals surface area contributed by atoms with E-state index >= 15 is 0 Å². The number of amides is 2. The van der Waals surface area contributed by atoms with Crippen molar-refractivity contribution < 1.29 is 9.59 Å². The van der Waals surface area contributed by atoms with Gasteiger partial charge in [0.2, 0.25) is 5.91 Å². The first-order valence-corrected chi connectivity index (χ1v) is 7.15. The SMILES string of the molecule is C#CCCC[C@@H](NC(=O)c1cccc2ccccc12)C(N)=O. The van der Waals surface area contributed by atoms with Gasteiger partial charge < -0.3 is 11.1 Å². The van der Waals surface area contributed by atoms with Crippen LogP contribution in [-0.4, -0.2) is 17.9 Å². The molecule has 2 amide bonds. The molecule has 0 radical (unpaired) electrons. The number of nitrogens with two attached hydrogens (primary N) is 1. The number of terminal acetylenes is 1. The lowest BCUT2D eigenvalue weighted by molar-refractivity contribution is -0.120. The Bertz CT molecular complexity index is 726. The lowest BCUT2D eigenvalue weighted by atomic mass is 10.0. The van der Waals surface area contributed by atoms with Crippen LogP contribution in [0.2, 0.25) is 0 Å². The minimum Gasteiger partial charge on any atom is -0.368 e. The number of carbonyl (C=O) groups excluding carboxylic acids is 2. The first kappa shape index (κ1) is 15.6. The molecule has 0 unspecified atom stereocenters. The van der Waals surface area contributed by atoms with E-state index in [9.17, 15) is 9.59 Å². The third-order valence-electron chi connectivity index (χ3n) is 3.50. The van der Waals surface area contributed by atoms with Gasteiger partial charge in [-0.3, -0.25) is 9.59 Å². The summed E-state index contributed by atoms with van der Waals surface area (Å²) in [5.74, 6) is 1.65. The van der Waals surface area contributed by atoms with Gasteiger partial charge in [0.1, 0.15) is 6.04 Å². The van der Waals surface area contributed by atoms with Crippen LogP contribution in [0.25, 0.3) is 10.8 Å². The highest BCUT2D eigenvalue weighted by Gasteiger charge is 2.19. The Balaban J connectivity index is 2.19. The fraction of sp³-hybridized carbons (Fsp3) is 0.222. The standard InChI is InChI=1S/C18H18N2O2/c1-2-3-4-12-16(17(19)21)20-18(22)15-11-7-9-13-8-5-6-10-14(13)15/h1,5-11,16H,3-4,12H2,(H2,19,21)(H,20,22)/t16-/m1/s1. The van der Waals surface area contributed by atoms with Gasteiger partial charge in [-0.25, -0.2) is 0 Å². The molecule has 22 heavy (non-hydrogen) atoms. The summed E-state index contributed by atoms with van der Waals surface area (Å²) < 4.78 is 0. The lowest BCUT2D eigenvalue weighted by Crippen LogP contribution is -2.44. The van der Waals surface area contributed by atoms with E-state index in [-0.39, 0.29) is 5.91 Å². The zero-order chi connectivity index (χ0) is 15.9. The largest absolute Gasteiger partial charge is 0.368 e. The van der Waals surface area contributed by atoms with Crippen molar-refractivity contribution in [1.82, 2.24) is 5.32 Å². The first-order valence-electron chi connectivity index (χ1n) is 7.15. The molecule has 2 rings (SSSR count). The third-order valence-corrected chi connectivity index (χ3v) is 3.50. The molecule has 0 aliphatic heterocycles. The van der Waals surface area contributed by atoms with E-state index in [2.05, 4.69) is 11.2 Å². The van der Waals surface area contributed by atoms with Crippen molar-refractivity contribution in [3.63, 3.8) is 0 Å². The number of benzene rings is 2. The second kappa shape index (κ2) is 7.28. The average Bonchev–Trinajstić information content (AvgIpc) is 2.53. The summed E-state index contributed by atoms with van der Waals surface area (Å²) in [5.41, 5.74) is 5.88. The van der Waals surface area contributed by atoms with Crippen LogP contribution < -0.4 is 11.1 Å². The predicted octanol–water partition coefficient (Wildman–Crippen LogP) is 2.23. The minimum atomic E-state index is -0.709. The second-order valence-corrected chi connectivity index (χ2v) is 5.05. The van der Waals surface area contributed by atoms with E-state index in [1.165, 1.54) is 0 Å². The molecule has 0 aromatic heterocycles. The summed E-state index contributed by atoms with van der Waals surface area (Å²) >= 11 is 0. The number of hydrogen-bond donors (Lipinski definition) is 2.